The average molecular weight is 296 g/mol. The van der Waals surface area contributed by atoms with Gasteiger partial charge in [0.2, 0.25) is 11.6 Å². The number of nitrogens with one attached hydrogen (secondary N) is 1. The Kier molecular flexibility index (Phi) is 3.72. The standard InChI is InChI=1S/C12H20N6O3/c1-11(2)5-17(6-12(3,4)21-11)10-8(18(19)20)9(16-13)14-7-15-10/h7H,5-6,13H2,1-4H3,(H,14,15,16). The Morgan fingerprint density at radius 1 is 1.33 bits per heavy atom. The van der Waals surface area contributed by atoms with Gasteiger partial charge in [-0.25, -0.2) is 15.8 Å². The predicted octanol–water partition coefficient (Wildman–Crippen LogP) is 1.06. The summed E-state index contributed by atoms with van der Waals surface area (Å²) < 4.78 is 5.97. The van der Waals surface area contributed by atoms with Crippen molar-refractivity contribution in [3.8, 4) is 0 Å². The second-order valence-electron chi connectivity index (χ2n) is 6.27. The van der Waals surface area contributed by atoms with E-state index in [0.717, 1.165) is 0 Å². The number of hydrogen-bond donors (Lipinski definition) is 2. The zero-order chi connectivity index (χ0) is 15.8. The van der Waals surface area contributed by atoms with E-state index in [1.807, 2.05) is 32.6 Å². The molecule has 1 aromatic heterocycles. The Morgan fingerprint density at radius 3 is 2.38 bits per heavy atom. The van der Waals surface area contributed by atoms with Crippen LogP contribution in [0.15, 0.2) is 6.33 Å². The Bertz CT molecular complexity index is 544. The van der Waals surface area contributed by atoms with E-state index in [1.165, 1.54) is 6.33 Å². The summed E-state index contributed by atoms with van der Waals surface area (Å²) in [4.78, 5) is 20.5. The first-order chi connectivity index (χ1) is 9.65. The second-order valence-corrected chi connectivity index (χ2v) is 6.27. The molecule has 9 heteroatoms. The third-order valence-electron chi connectivity index (χ3n) is 3.12. The molecule has 21 heavy (non-hydrogen) atoms. The fourth-order valence-electron chi connectivity index (χ4n) is 2.81. The van der Waals surface area contributed by atoms with Crippen molar-refractivity contribution in [3.05, 3.63) is 16.4 Å². The third-order valence-corrected chi connectivity index (χ3v) is 3.12. The molecule has 1 fully saturated rings. The van der Waals surface area contributed by atoms with Crippen molar-refractivity contribution >= 4 is 17.3 Å². The van der Waals surface area contributed by atoms with Gasteiger partial charge in [0.1, 0.15) is 6.33 Å². The van der Waals surface area contributed by atoms with Crippen LogP contribution >= 0.6 is 0 Å². The van der Waals surface area contributed by atoms with Gasteiger partial charge in [0, 0.05) is 13.1 Å². The maximum atomic E-state index is 11.3. The molecule has 0 bridgehead atoms. The fourth-order valence-corrected chi connectivity index (χ4v) is 2.81. The molecule has 9 nitrogen and oxygen atoms in total. The van der Waals surface area contributed by atoms with Crippen LogP contribution in [0.3, 0.4) is 0 Å². The maximum Gasteiger partial charge on any atom is 0.354 e. The van der Waals surface area contributed by atoms with Gasteiger partial charge in [0.25, 0.3) is 0 Å². The van der Waals surface area contributed by atoms with Crippen LogP contribution in [0.1, 0.15) is 27.7 Å². The number of morpholine rings is 1. The minimum atomic E-state index is -0.528. The van der Waals surface area contributed by atoms with Crippen molar-refractivity contribution in [2.45, 2.75) is 38.9 Å². The molecular formula is C12H20N6O3. The number of nitro groups is 1. The van der Waals surface area contributed by atoms with Gasteiger partial charge >= 0.3 is 5.69 Å². The van der Waals surface area contributed by atoms with Crippen LogP contribution in [0.4, 0.5) is 17.3 Å². The topological polar surface area (TPSA) is 119 Å². The highest BCUT2D eigenvalue weighted by molar-refractivity contribution is 5.70. The van der Waals surface area contributed by atoms with Crippen LogP contribution < -0.4 is 16.2 Å². The Labute approximate surface area is 122 Å². The molecule has 0 unspecified atom stereocenters. The van der Waals surface area contributed by atoms with E-state index in [9.17, 15) is 10.1 Å². The summed E-state index contributed by atoms with van der Waals surface area (Å²) in [5.41, 5.74) is 1.12. The van der Waals surface area contributed by atoms with Gasteiger partial charge in [-0.15, -0.1) is 0 Å². The summed E-state index contributed by atoms with van der Waals surface area (Å²) in [5.74, 6) is 5.54. The summed E-state index contributed by atoms with van der Waals surface area (Å²) in [5, 5.41) is 11.3. The third kappa shape index (κ3) is 3.19. The van der Waals surface area contributed by atoms with Gasteiger partial charge in [-0.2, -0.15) is 0 Å². The van der Waals surface area contributed by atoms with E-state index in [2.05, 4.69) is 15.4 Å². The smallest absolute Gasteiger partial charge is 0.354 e. The van der Waals surface area contributed by atoms with Gasteiger partial charge in [-0.3, -0.25) is 10.1 Å². The maximum absolute atomic E-state index is 11.3. The van der Waals surface area contributed by atoms with Crippen molar-refractivity contribution in [2.75, 3.05) is 23.4 Å². The lowest BCUT2D eigenvalue weighted by atomic mass is 9.99. The molecule has 1 aliphatic heterocycles. The lowest BCUT2D eigenvalue weighted by molar-refractivity contribution is -0.383. The largest absolute Gasteiger partial charge is 0.366 e. The molecule has 1 aromatic rings. The predicted molar refractivity (Wildman–Crippen MR) is 78.0 cm³/mol. The first-order valence-electron chi connectivity index (χ1n) is 6.56. The molecule has 0 spiro atoms. The number of aromatic nitrogens is 2. The summed E-state index contributed by atoms with van der Waals surface area (Å²) in [6.07, 6.45) is 1.26. The number of nitrogens with zero attached hydrogens (tertiary/aromatic N) is 4. The molecule has 1 saturated heterocycles. The van der Waals surface area contributed by atoms with Gasteiger partial charge in [0.15, 0.2) is 0 Å². The average Bonchev–Trinajstić information content (AvgIpc) is 2.33. The quantitative estimate of drug-likeness (QED) is 0.483. The van der Waals surface area contributed by atoms with E-state index in [4.69, 9.17) is 10.6 Å². The number of nitrogen functional groups attached to an aromatic ring is 1. The Hall–Kier alpha value is -2.00. The molecule has 0 saturated carbocycles. The molecule has 116 valence electrons. The minimum Gasteiger partial charge on any atom is -0.366 e. The van der Waals surface area contributed by atoms with Crippen LogP contribution in [-0.2, 0) is 4.74 Å². The molecule has 1 aliphatic rings. The first-order valence-corrected chi connectivity index (χ1v) is 6.56. The Balaban J connectivity index is 2.48. The number of nitrogens with two attached hydrogens (primary N) is 1. The molecule has 2 rings (SSSR count). The van der Waals surface area contributed by atoms with Crippen molar-refractivity contribution in [2.24, 2.45) is 5.84 Å². The number of ether oxygens (including phenoxy) is 1. The zero-order valence-corrected chi connectivity index (χ0v) is 12.6. The first kappa shape index (κ1) is 15.4. The zero-order valence-electron chi connectivity index (χ0n) is 12.6. The highest BCUT2D eigenvalue weighted by Gasteiger charge is 2.41. The molecular weight excluding hydrogens is 276 g/mol. The van der Waals surface area contributed by atoms with E-state index >= 15 is 0 Å². The molecule has 0 radical (unpaired) electrons. The molecule has 0 amide bonds. The van der Waals surface area contributed by atoms with Gasteiger partial charge in [-0.05, 0) is 27.7 Å². The second kappa shape index (κ2) is 5.08. The monoisotopic (exact) mass is 296 g/mol. The van der Waals surface area contributed by atoms with E-state index in [-0.39, 0.29) is 17.3 Å². The van der Waals surface area contributed by atoms with Crippen molar-refractivity contribution in [1.82, 2.24) is 9.97 Å². The molecule has 3 N–H and O–H groups in total. The molecule has 0 atom stereocenters. The SMILES string of the molecule is CC1(C)CN(c2ncnc(NN)c2[N+](=O)[O-])CC(C)(C)O1. The molecule has 0 aromatic carbocycles. The highest BCUT2D eigenvalue weighted by Crippen LogP contribution is 2.36. The summed E-state index contributed by atoms with van der Waals surface area (Å²) in [6, 6.07) is 0. The van der Waals surface area contributed by atoms with Gasteiger partial charge in [-0.1, -0.05) is 0 Å². The summed E-state index contributed by atoms with van der Waals surface area (Å²) in [6.45, 7) is 8.73. The number of hydrazine groups is 1. The van der Waals surface area contributed by atoms with Crippen LogP contribution in [0.25, 0.3) is 0 Å². The number of rotatable bonds is 3. The molecule has 0 aliphatic carbocycles. The molecule has 2 heterocycles. The summed E-state index contributed by atoms with van der Waals surface area (Å²) in [7, 11) is 0. The van der Waals surface area contributed by atoms with E-state index < -0.39 is 16.1 Å². The highest BCUT2D eigenvalue weighted by atomic mass is 16.6. The van der Waals surface area contributed by atoms with Gasteiger partial charge < -0.3 is 15.1 Å². The van der Waals surface area contributed by atoms with Crippen LogP contribution in [-0.4, -0.2) is 39.2 Å². The lowest BCUT2D eigenvalue weighted by Crippen LogP contribution is -2.57. The summed E-state index contributed by atoms with van der Waals surface area (Å²) >= 11 is 0. The fraction of sp³-hybridized carbons (Fsp3) is 0.667. The van der Waals surface area contributed by atoms with Crippen LogP contribution in [0.5, 0.6) is 0 Å². The van der Waals surface area contributed by atoms with Crippen molar-refractivity contribution in [3.63, 3.8) is 0 Å². The lowest BCUT2D eigenvalue weighted by Gasteiger charge is -2.47. The minimum absolute atomic E-state index is 0.00731. The van der Waals surface area contributed by atoms with Crippen LogP contribution in [0, 0.1) is 10.1 Å². The number of hydrogen-bond acceptors (Lipinski definition) is 8. The number of anilines is 2. The normalized spacial score (nSPS) is 20.1. The van der Waals surface area contributed by atoms with Crippen molar-refractivity contribution in [1.29, 1.82) is 0 Å². The van der Waals surface area contributed by atoms with E-state index in [1.54, 1.807) is 0 Å². The van der Waals surface area contributed by atoms with Gasteiger partial charge in [0.05, 0.1) is 16.1 Å². The van der Waals surface area contributed by atoms with Crippen molar-refractivity contribution < 1.29 is 9.66 Å². The Morgan fingerprint density at radius 2 is 1.90 bits per heavy atom. The van der Waals surface area contributed by atoms with Crippen LogP contribution in [0.2, 0.25) is 0 Å². The van der Waals surface area contributed by atoms with E-state index in [0.29, 0.717) is 13.1 Å².